The summed E-state index contributed by atoms with van der Waals surface area (Å²) in [5, 5.41) is 4.19. The minimum Gasteiger partial charge on any atom is -0.341 e. The Morgan fingerprint density at radius 2 is 1.76 bits per heavy atom. The molecular formula is C18H23ClN2. The van der Waals surface area contributed by atoms with Gasteiger partial charge in [0.15, 0.2) is 0 Å². The van der Waals surface area contributed by atoms with Crippen LogP contribution < -0.4 is 10.2 Å². The van der Waals surface area contributed by atoms with E-state index in [1.165, 1.54) is 16.9 Å². The number of hydrogen-bond donors (Lipinski definition) is 1. The quantitative estimate of drug-likeness (QED) is 0.815. The van der Waals surface area contributed by atoms with Crippen LogP contribution in [0.15, 0.2) is 42.5 Å². The van der Waals surface area contributed by atoms with E-state index in [1.54, 1.807) is 0 Å². The van der Waals surface area contributed by atoms with Gasteiger partial charge in [0, 0.05) is 35.1 Å². The molecule has 21 heavy (non-hydrogen) atoms. The van der Waals surface area contributed by atoms with Gasteiger partial charge in [0.05, 0.1) is 0 Å². The van der Waals surface area contributed by atoms with Crippen molar-refractivity contribution in [2.24, 2.45) is 0 Å². The lowest BCUT2D eigenvalue weighted by Gasteiger charge is -2.27. The van der Waals surface area contributed by atoms with Crippen LogP contribution in [0, 0.1) is 6.92 Å². The van der Waals surface area contributed by atoms with E-state index in [0.717, 1.165) is 30.2 Å². The number of rotatable bonds is 6. The van der Waals surface area contributed by atoms with Crippen LogP contribution in [0.25, 0.3) is 0 Å². The highest BCUT2D eigenvalue weighted by Crippen LogP contribution is 2.32. The monoisotopic (exact) mass is 302 g/mol. The molecule has 3 heteroatoms. The summed E-state index contributed by atoms with van der Waals surface area (Å²) in [6, 6.07) is 14.7. The summed E-state index contributed by atoms with van der Waals surface area (Å²) in [6.07, 6.45) is 0. The molecule has 0 aliphatic rings. The molecule has 112 valence electrons. The zero-order chi connectivity index (χ0) is 15.2. The van der Waals surface area contributed by atoms with Gasteiger partial charge in [0.1, 0.15) is 0 Å². The molecule has 0 unspecified atom stereocenters. The van der Waals surface area contributed by atoms with Gasteiger partial charge >= 0.3 is 0 Å². The molecule has 0 aliphatic carbocycles. The first kappa shape index (κ1) is 15.9. The molecule has 1 N–H and O–H groups in total. The van der Waals surface area contributed by atoms with E-state index in [9.17, 15) is 0 Å². The molecule has 2 aromatic carbocycles. The van der Waals surface area contributed by atoms with Gasteiger partial charge in [-0.15, -0.1) is 0 Å². The van der Waals surface area contributed by atoms with Crippen LogP contribution in [0.1, 0.15) is 25.0 Å². The maximum Gasteiger partial charge on any atom is 0.0471 e. The predicted octanol–water partition coefficient (Wildman–Crippen LogP) is 4.92. The van der Waals surface area contributed by atoms with Gasteiger partial charge in [-0.1, -0.05) is 42.3 Å². The van der Waals surface area contributed by atoms with Gasteiger partial charge in [0.2, 0.25) is 0 Å². The van der Waals surface area contributed by atoms with E-state index < -0.39 is 0 Å². The number of anilines is 2. The lowest BCUT2D eigenvalue weighted by Crippen LogP contribution is -2.20. The Morgan fingerprint density at radius 3 is 2.38 bits per heavy atom. The second-order valence-electron chi connectivity index (χ2n) is 5.10. The van der Waals surface area contributed by atoms with Crippen LogP contribution in [0.5, 0.6) is 0 Å². The molecule has 0 amide bonds. The fraction of sp³-hybridized carbons (Fsp3) is 0.333. The minimum atomic E-state index is 0.786. The van der Waals surface area contributed by atoms with Crippen LogP contribution in [0.3, 0.4) is 0 Å². The lowest BCUT2D eigenvalue weighted by atomic mass is 10.1. The SMILES string of the molecule is CCNCc1c(Cl)cccc1N(CC)c1ccc(C)cc1. The molecule has 0 radical (unpaired) electrons. The molecular weight excluding hydrogens is 280 g/mol. The summed E-state index contributed by atoms with van der Waals surface area (Å²) in [6.45, 7) is 9.00. The Kier molecular flexibility index (Phi) is 5.66. The van der Waals surface area contributed by atoms with E-state index in [0.29, 0.717) is 0 Å². The molecule has 0 aromatic heterocycles. The molecule has 2 aromatic rings. The Labute approximate surface area is 132 Å². The van der Waals surface area contributed by atoms with Crippen LogP contribution in [-0.4, -0.2) is 13.1 Å². The number of nitrogens with one attached hydrogen (secondary N) is 1. The van der Waals surface area contributed by atoms with Crippen molar-refractivity contribution in [2.45, 2.75) is 27.3 Å². The Balaban J connectivity index is 2.41. The lowest BCUT2D eigenvalue weighted by molar-refractivity contribution is 0.725. The number of benzene rings is 2. The molecule has 0 saturated carbocycles. The average molecular weight is 303 g/mol. The van der Waals surface area contributed by atoms with E-state index >= 15 is 0 Å². The number of halogens is 1. The summed E-state index contributed by atoms with van der Waals surface area (Å²) in [7, 11) is 0. The maximum atomic E-state index is 6.41. The van der Waals surface area contributed by atoms with Gasteiger partial charge in [-0.05, 0) is 44.7 Å². The van der Waals surface area contributed by atoms with E-state index in [4.69, 9.17) is 11.6 Å². The molecule has 0 atom stereocenters. The van der Waals surface area contributed by atoms with Crippen LogP contribution in [-0.2, 0) is 6.54 Å². The molecule has 0 fully saturated rings. The van der Waals surface area contributed by atoms with Crippen molar-refractivity contribution >= 4 is 23.0 Å². The molecule has 0 heterocycles. The third kappa shape index (κ3) is 3.78. The summed E-state index contributed by atoms with van der Waals surface area (Å²) >= 11 is 6.41. The fourth-order valence-corrected chi connectivity index (χ4v) is 2.68. The number of hydrogen-bond acceptors (Lipinski definition) is 2. The highest BCUT2D eigenvalue weighted by atomic mass is 35.5. The van der Waals surface area contributed by atoms with Crippen LogP contribution >= 0.6 is 11.6 Å². The third-order valence-electron chi connectivity index (χ3n) is 3.60. The van der Waals surface area contributed by atoms with Crippen LogP contribution in [0.4, 0.5) is 11.4 Å². The molecule has 2 nitrogen and oxygen atoms in total. The topological polar surface area (TPSA) is 15.3 Å². The normalized spacial score (nSPS) is 10.7. The highest BCUT2D eigenvalue weighted by Gasteiger charge is 2.14. The second-order valence-corrected chi connectivity index (χ2v) is 5.50. The first-order valence-corrected chi connectivity index (χ1v) is 7.87. The zero-order valence-corrected chi connectivity index (χ0v) is 13.7. The molecule has 2 rings (SSSR count). The Morgan fingerprint density at radius 1 is 1.05 bits per heavy atom. The first-order chi connectivity index (χ1) is 10.2. The van der Waals surface area contributed by atoms with Crippen LogP contribution in [0.2, 0.25) is 5.02 Å². The molecule has 0 aliphatic heterocycles. The summed E-state index contributed by atoms with van der Waals surface area (Å²) in [5.41, 5.74) is 4.80. The third-order valence-corrected chi connectivity index (χ3v) is 3.95. The average Bonchev–Trinajstić information content (AvgIpc) is 2.49. The van der Waals surface area contributed by atoms with Crippen molar-refractivity contribution in [3.05, 3.63) is 58.6 Å². The zero-order valence-electron chi connectivity index (χ0n) is 13.0. The largest absolute Gasteiger partial charge is 0.341 e. The fourth-order valence-electron chi connectivity index (χ4n) is 2.44. The standard InChI is InChI=1S/C18H23ClN2/c1-4-20-13-16-17(19)7-6-8-18(16)21(5-2)15-11-9-14(3)10-12-15/h6-12,20H,4-5,13H2,1-3H3. The highest BCUT2D eigenvalue weighted by molar-refractivity contribution is 6.31. The van der Waals surface area contributed by atoms with Crippen molar-refractivity contribution in [1.82, 2.24) is 5.32 Å². The number of nitrogens with zero attached hydrogens (tertiary/aromatic N) is 1. The molecule has 0 bridgehead atoms. The summed E-state index contributed by atoms with van der Waals surface area (Å²) in [4.78, 5) is 2.30. The Bertz CT molecular complexity index is 578. The van der Waals surface area contributed by atoms with Crippen molar-refractivity contribution in [1.29, 1.82) is 0 Å². The Hall–Kier alpha value is -1.51. The summed E-state index contributed by atoms with van der Waals surface area (Å²) in [5.74, 6) is 0. The molecule has 0 spiro atoms. The van der Waals surface area contributed by atoms with Gasteiger partial charge in [-0.2, -0.15) is 0 Å². The van der Waals surface area contributed by atoms with Gasteiger partial charge in [-0.3, -0.25) is 0 Å². The van der Waals surface area contributed by atoms with Crippen molar-refractivity contribution in [2.75, 3.05) is 18.0 Å². The van der Waals surface area contributed by atoms with Gasteiger partial charge in [-0.25, -0.2) is 0 Å². The van der Waals surface area contributed by atoms with Crippen molar-refractivity contribution < 1.29 is 0 Å². The van der Waals surface area contributed by atoms with Gasteiger partial charge < -0.3 is 10.2 Å². The van der Waals surface area contributed by atoms with Gasteiger partial charge in [0.25, 0.3) is 0 Å². The maximum absolute atomic E-state index is 6.41. The van der Waals surface area contributed by atoms with E-state index in [-0.39, 0.29) is 0 Å². The first-order valence-electron chi connectivity index (χ1n) is 7.49. The second kappa shape index (κ2) is 7.48. The minimum absolute atomic E-state index is 0.786. The van der Waals surface area contributed by atoms with E-state index in [1.807, 2.05) is 12.1 Å². The van der Waals surface area contributed by atoms with Crippen molar-refractivity contribution in [3.8, 4) is 0 Å². The predicted molar refractivity (Wildman–Crippen MR) is 92.7 cm³/mol. The van der Waals surface area contributed by atoms with Crippen molar-refractivity contribution in [3.63, 3.8) is 0 Å². The smallest absolute Gasteiger partial charge is 0.0471 e. The molecule has 0 saturated heterocycles. The summed E-state index contributed by atoms with van der Waals surface area (Å²) < 4.78 is 0. The van der Waals surface area contributed by atoms with E-state index in [2.05, 4.69) is 61.3 Å². The number of aryl methyl sites for hydroxylation is 1.